The van der Waals surface area contributed by atoms with Crippen LogP contribution in [-0.2, 0) is 14.3 Å². The molecule has 6 nitrogen and oxygen atoms in total. The number of carbonyl (C=O) groups excluding carboxylic acids is 2. The number of nitrogens with zero attached hydrogens (tertiary/aromatic N) is 3. The third-order valence-corrected chi connectivity index (χ3v) is 6.05. The fraction of sp³-hybridized carbons (Fsp3) is 0.455. The van der Waals surface area contributed by atoms with Crippen molar-refractivity contribution in [1.82, 2.24) is 9.97 Å². The van der Waals surface area contributed by atoms with Gasteiger partial charge in [0.2, 0.25) is 5.91 Å². The van der Waals surface area contributed by atoms with E-state index in [1.165, 1.54) is 18.5 Å². The highest BCUT2D eigenvalue weighted by Crippen LogP contribution is 2.48. The molecule has 2 atom stereocenters. The second-order valence-electron chi connectivity index (χ2n) is 7.80. The summed E-state index contributed by atoms with van der Waals surface area (Å²) in [4.78, 5) is 35.9. The average Bonchev–Trinajstić information content (AvgIpc) is 3.04. The van der Waals surface area contributed by atoms with E-state index < -0.39 is 5.41 Å². The van der Waals surface area contributed by atoms with Crippen molar-refractivity contribution < 1.29 is 18.7 Å². The third kappa shape index (κ3) is 3.73. The van der Waals surface area contributed by atoms with Gasteiger partial charge in [-0.05, 0) is 56.9 Å². The van der Waals surface area contributed by atoms with Crippen LogP contribution in [0.5, 0.6) is 0 Å². The summed E-state index contributed by atoms with van der Waals surface area (Å²) in [6, 6.07) is 7.82. The minimum atomic E-state index is -0.517. The summed E-state index contributed by atoms with van der Waals surface area (Å²) in [5.41, 5.74) is 0.879. The van der Waals surface area contributed by atoms with Crippen molar-refractivity contribution >= 4 is 17.7 Å². The molecule has 2 aromatic rings. The fourth-order valence-electron chi connectivity index (χ4n) is 4.56. The molecule has 2 fully saturated rings. The van der Waals surface area contributed by atoms with E-state index in [0.717, 1.165) is 24.8 Å². The Kier molecular flexibility index (Phi) is 5.30. The maximum Gasteiger partial charge on any atom is 0.308 e. The molecular weight excluding hydrogens is 373 g/mol. The number of halogens is 1. The predicted molar refractivity (Wildman–Crippen MR) is 105 cm³/mol. The van der Waals surface area contributed by atoms with E-state index in [1.54, 1.807) is 30.0 Å². The van der Waals surface area contributed by atoms with E-state index in [2.05, 4.69) is 9.97 Å². The van der Waals surface area contributed by atoms with Gasteiger partial charge in [0, 0.05) is 18.2 Å². The fourth-order valence-corrected chi connectivity index (χ4v) is 4.56. The molecule has 29 heavy (non-hydrogen) atoms. The molecule has 1 saturated heterocycles. The third-order valence-electron chi connectivity index (χ3n) is 6.05. The molecule has 1 saturated carbocycles. The Balaban J connectivity index is 1.55. The number of amides is 1. The second-order valence-corrected chi connectivity index (χ2v) is 7.80. The van der Waals surface area contributed by atoms with Gasteiger partial charge < -0.3 is 4.74 Å². The summed E-state index contributed by atoms with van der Waals surface area (Å²) >= 11 is 0. The van der Waals surface area contributed by atoms with Crippen molar-refractivity contribution in [2.75, 3.05) is 18.1 Å². The minimum Gasteiger partial charge on any atom is -0.466 e. The Morgan fingerprint density at radius 1 is 1.28 bits per heavy atom. The number of hydrogen-bond acceptors (Lipinski definition) is 5. The van der Waals surface area contributed by atoms with Crippen LogP contribution >= 0.6 is 0 Å². The molecule has 1 aliphatic heterocycles. The van der Waals surface area contributed by atoms with Gasteiger partial charge in [-0.25, -0.2) is 14.4 Å². The van der Waals surface area contributed by atoms with Crippen LogP contribution in [-0.4, -0.2) is 35.0 Å². The normalized spacial score (nSPS) is 24.1. The summed E-state index contributed by atoms with van der Waals surface area (Å²) in [6.45, 7) is 2.72. The number of carbonyl (C=O) groups is 2. The van der Waals surface area contributed by atoms with E-state index >= 15 is 0 Å². The second kappa shape index (κ2) is 7.89. The monoisotopic (exact) mass is 397 g/mol. The Bertz CT molecular complexity index is 918. The summed E-state index contributed by atoms with van der Waals surface area (Å²) < 4.78 is 18.4. The van der Waals surface area contributed by atoms with Crippen LogP contribution in [0.15, 0.2) is 36.7 Å². The molecule has 4 rings (SSSR count). The van der Waals surface area contributed by atoms with E-state index in [1.807, 2.05) is 0 Å². The van der Waals surface area contributed by atoms with E-state index in [9.17, 15) is 14.0 Å². The van der Waals surface area contributed by atoms with Crippen molar-refractivity contribution in [2.45, 2.75) is 39.0 Å². The highest BCUT2D eigenvalue weighted by molar-refractivity contribution is 5.99. The number of aromatic nitrogens is 2. The van der Waals surface area contributed by atoms with Gasteiger partial charge in [0.1, 0.15) is 18.0 Å². The van der Waals surface area contributed by atoms with Gasteiger partial charge in [0.05, 0.1) is 23.6 Å². The van der Waals surface area contributed by atoms with Crippen molar-refractivity contribution in [1.29, 1.82) is 0 Å². The van der Waals surface area contributed by atoms with Gasteiger partial charge in [-0.2, -0.15) is 0 Å². The molecule has 0 bridgehead atoms. The molecule has 1 amide bonds. The molecule has 0 radical (unpaired) electrons. The quantitative estimate of drug-likeness (QED) is 0.735. The first-order valence-corrected chi connectivity index (χ1v) is 10.1. The zero-order chi connectivity index (χ0) is 20.4. The molecule has 1 spiro atoms. The van der Waals surface area contributed by atoms with E-state index in [4.69, 9.17) is 4.74 Å². The Hall–Kier alpha value is -2.83. The summed E-state index contributed by atoms with van der Waals surface area (Å²) in [7, 11) is 0. The Morgan fingerprint density at radius 2 is 2.07 bits per heavy atom. The van der Waals surface area contributed by atoms with Gasteiger partial charge in [-0.1, -0.05) is 6.42 Å². The van der Waals surface area contributed by atoms with Gasteiger partial charge in [-0.3, -0.25) is 14.5 Å². The van der Waals surface area contributed by atoms with Crippen LogP contribution in [0.1, 0.15) is 39.0 Å². The van der Waals surface area contributed by atoms with Gasteiger partial charge in [-0.15, -0.1) is 0 Å². The molecule has 7 heteroatoms. The lowest BCUT2D eigenvalue weighted by molar-refractivity contribution is -0.151. The summed E-state index contributed by atoms with van der Waals surface area (Å²) in [5.74, 6) is -0.158. The van der Waals surface area contributed by atoms with Crippen LogP contribution in [0, 0.1) is 17.2 Å². The van der Waals surface area contributed by atoms with Gasteiger partial charge in [0.15, 0.2) is 0 Å². The molecule has 1 aromatic carbocycles. The lowest BCUT2D eigenvalue weighted by Gasteiger charge is -2.35. The molecule has 0 unspecified atom stereocenters. The molecule has 2 heterocycles. The van der Waals surface area contributed by atoms with Gasteiger partial charge in [0.25, 0.3) is 0 Å². The zero-order valence-electron chi connectivity index (χ0n) is 16.4. The standard InChI is InChI=1S/C22H24FN3O3/c1-2-29-20(27)16-4-3-9-22(13-16)10-11-26(21(22)28)19-12-18(24-14-25-19)15-5-7-17(23)8-6-15/h5-8,12,14,16H,2-4,9-11,13H2,1H3/t16-,22+/m1/s1. The lowest BCUT2D eigenvalue weighted by atomic mass is 9.68. The van der Waals surface area contributed by atoms with Crippen LogP contribution in [0.4, 0.5) is 10.2 Å². The number of benzene rings is 1. The number of esters is 1. The van der Waals surface area contributed by atoms with Crippen molar-refractivity contribution in [3.05, 3.63) is 42.5 Å². The van der Waals surface area contributed by atoms with Crippen molar-refractivity contribution in [3.8, 4) is 11.3 Å². The number of ether oxygens (including phenoxy) is 1. The average molecular weight is 397 g/mol. The van der Waals surface area contributed by atoms with Crippen molar-refractivity contribution in [3.63, 3.8) is 0 Å². The van der Waals surface area contributed by atoms with E-state index in [0.29, 0.717) is 37.5 Å². The Morgan fingerprint density at radius 3 is 2.83 bits per heavy atom. The Labute approximate surface area is 169 Å². The maximum atomic E-state index is 13.4. The van der Waals surface area contributed by atoms with Gasteiger partial charge >= 0.3 is 5.97 Å². The first-order valence-electron chi connectivity index (χ1n) is 10.1. The minimum absolute atomic E-state index is 0.0234. The predicted octanol–water partition coefficient (Wildman–Crippen LogP) is 3.76. The first-order chi connectivity index (χ1) is 14.0. The van der Waals surface area contributed by atoms with Crippen LogP contribution in [0.25, 0.3) is 11.3 Å². The van der Waals surface area contributed by atoms with Crippen LogP contribution < -0.4 is 4.90 Å². The lowest BCUT2D eigenvalue weighted by Crippen LogP contribution is -2.40. The number of anilines is 1. The molecule has 0 N–H and O–H groups in total. The molecule has 152 valence electrons. The molecule has 1 aromatic heterocycles. The SMILES string of the molecule is CCOC(=O)[C@@H]1CCC[C@]2(CCN(c3cc(-c4ccc(F)cc4)ncn3)C2=O)C1. The smallest absolute Gasteiger partial charge is 0.308 e. The maximum absolute atomic E-state index is 13.4. The zero-order valence-corrected chi connectivity index (χ0v) is 16.4. The number of rotatable bonds is 4. The highest BCUT2D eigenvalue weighted by Gasteiger charge is 2.51. The van der Waals surface area contributed by atoms with Crippen LogP contribution in [0.2, 0.25) is 0 Å². The van der Waals surface area contributed by atoms with E-state index in [-0.39, 0.29) is 23.6 Å². The largest absolute Gasteiger partial charge is 0.466 e. The summed E-state index contributed by atoms with van der Waals surface area (Å²) in [5, 5.41) is 0. The highest BCUT2D eigenvalue weighted by atomic mass is 19.1. The molecule has 1 aliphatic carbocycles. The summed E-state index contributed by atoms with van der Waals surface area (Å²) in [6.07, 6.45) is 5.07. The number of hydrogen-bond donors (Lipinski definition) is 0. The topological polar surface area (TPSA) is 72.4 Å². The molecular formula is C22H24FN3O3. The van der Waals surface area contributed by atoms with Crippen molar-refractivity contribution in [2.24, 2.45) is 11.3 Å². The van der Waals surface area contributed by atoms with Crippen LogP contribution in [0.3, 0.4) is 0 Å². The molecule has 2 aliphatic rings. The first kappa shape index (κ1) is 19.5.